The van der Waals surface area contributed by atoms with Crippen LogP contribution < -0.4 is 5.11 Å². The molecule has 4 rings (SSSR count). The number of amides is 1. The molecule has 0 aliphatic carbocycles. The van der Waals surface area contributed by atoms with Crippen molar-refractivity contribution in [1.82, 2.24) is 13.9 Å². The predicted molar refractivity (Wildman–Crippen MR) is 135 cm³/mol. The van der Waals surface area contributed by atoms with Crippen LogP contribution in [0.25, 0.3) is 16.7 Å². The van der Waals surface area contributed by atoms with Gasteiger partial charge in [0.15, 0.2) is 6.09 Å². The van der Waals surface area contributed by atoms with Gasteiger partial charge in [0.05, 0.1) is 26.6 Å². The molecule has 1 amide bonds. The first-order valence-electron chi connectivity index (χ1n) is 11.2. The Kier molecular flexibility index (Phi) is 7.64. The van der Waals surface area contributed by atoms with Crippen molar-refractivity contribution in [2.45, 2.75) is 30.8 Å². The van der Waals surface area contributed by atoms with Gasteiger partial charge in [-0.1, -0.05) is 54.4 Å². The number of aryl methyl sites for hydroxylation is 1. The average molecular weight is 585 g/mol. The van der Waals surface area contributed by atoms with Crippen LogP contribution >= 0.6 is 23.2 Å². The average Bonchev–Trinajstić information content (AvgIpc) is 3.20. The minimum atomic E-state index is -4.62. The third-order valence-corrected chi connectivity index (χ3v) is 8.42. The van der Waals surface area contributed by atoms with Gasteiger partial charge in [0.25, 0.3) is 10.0 Å². The van der Waals surface area contributed by atoms with Crippen LogP contribution in [0.3, 0.4) is 0 Å². The molecule has 0 atom stereocenters. The Morgan fingerprint density at radius 2 is 1.71 bits per heavy atom. The number of carbonyl (C=O) groups is 1. The van der Waals surface area contributed by atoms with E-state index in [9.17, 15) is 31.5 Å². The molecule has 0 unspecified atom stereocenters. The second-order valence-electron chi connectivity index (χ2n) is 8.23. The number of aromatic nitrogens is 2. The summed E-state index contributed by atoms with van der Waals surface area (Å²) < 4.78 is 67.5. The van der Waals surface area contributed by atoms with Crippen LogP contribution in [0, 0.1) is 0 Å². The summed E-state index contributed by atoms with van der Waals surface area (Å²) in [5.74, 6) is 0.511. The van der Waals surface area contributed by atoms with E-state index >= 15 is 0 Å². The molecule has 0 spiro atoms. The van der Waals surface area contributed by atoms with Crippen molar-refractivity contribution in [3.05, 3.63) is 87.7 Å². The summed E-state index contributed by atoms with van der Waals surface area (Å²) in [5.41, 5.74) is 0.746. The van der Waals surface area contributed by atoms with E-state index in [2.05, 4.69) is 4.98 Å². The molecule has 3 aromatic carbocycles. The minimum Gasteiger partial charge on any atom is -0.529 e. The van der Waals surface area contributed by atoms with E-state index in [1.165, 1.54) is 30.3 Å². The van der Waals surface area contributed by atoms with Crippen molar-refractivity contribution in [2.75, 3.05) is 6.54 Å². The van der Waals surface area contributed by atoms with Crippen LogP contribution in [0.4, 0.5) is 18.0 Å². The standard InChI is InChI=1S/C25H20Cl2F3N3O4S/c1-2-23-31-20-13-17(25(28,29)30)19(27)14-21(20)33(23)16-9-7-15(8-10-16)11-12-32(24(34)35)38(36,37)22-6-4-3-5-18(22)26/h3-10,13-14H,2,11-12H2,1H3,(H,34,35)/p-1. The molecule has 1 aromatic heterocycles. The maximum atomic E-state index is 13.3. The summed E-state index contributed by atoms with van der Waals surface area (Å²) in [6.45, 7) is 1.39. The van der Waals surface area contributed by atoms with E-state index in [1.54, 1.807) is 28.8 Å². The lowest BCUT2D eigenvalue weighted by molar-refractivity contribution is -0.259. The van der Waals surface area contributed by atoms with E-state index in [-0.39, 0.29) is 26.2 Å². The Morgan fingerprint density at radius 1 is 1.05 bits per heavy atom. The molecule has 0 saturated carbocycles. The monoisotopic (exact) mass is 584 g/mol. The summed E-state index contributed by atoms with van der Waals surface area (Å²) in [4.78, 5) is 15.7. The van der Waals surface area contributed by atoms with Crippen LogP contribution in [0.15, 0.2) is 65.6 Å². The minimum absolute atomic E-state index is 0.0318. The van der Waals surface area contributed by atoms with Gasteiger partial charge in [0.2, 0.25) is 0 Å². The van der Waals surface area contributed by atoms with Gasteiger partial charge in [-0.15, -0.1) is 0 Å². The zero-order chi connectivity index (χ0) is 27.8. The number of hydrogen-bond donors (Lipinski definition) is 0. The van der Waals surface area contributed by atoms with E-state index in [4.69, 9.17) is 23.2 Å². The predicted octanol–water partition coefficient (Wildman–Crippen LogP) is 5.49. The lowest BCUT2D eigenvalue weighted by Crippen LogP contribution is -2.46. The Balaban J connectivity index is 1.62. The smallest absolute Gasteiger partial charge is 0.417 e. The number of alkyl halides is 3. The fraction of sp³-hybridized carbons (Fsp3) is 0.200. The van der Waals surface area contributed by atoms with Crippen LogP contribution in [0.2, 0.25) is 10.0 Å². The number of carbonyl (C=O) groups excluding carboxylic acids is 1. The van der Waals surface area contributed by atoms with Gasteiger partial charge in [-0.25, -0.2) is 13.4 Å². The number of nitrogens with zero attached hydrogens (tertiary/aromatic N) is 3. The number of imidazole rings is 1. The van der Waals surface area contributed by atoms with Gasteiger partial charge >= 0.3 is 6.18 Å². The van der Waals surface area contributed by atoms with Crippen LogP contribution in [-0.4, -0.2) is 34.9 Å². The molecule has 13 heteroatoms. The summed E-state index contributed by atoms with van der Waals surface area (Å²) in [6.07, 6.45) is -6.06. The molecule has 1 heterocycles. The summed E-state index contributed by atoms with van der Waals surface area (Å²) in [6, 6.07) is 14.3. The lowest BCUT2D eigenvalue weighted by Gasteiger charge is -2.25. The Bertz CT molecular complexity index is 1620. The molecule has 38 heavy (non-hydrogen) atoms. The maximum Gasteiger partial charge on any atom is 0.417 e. The zero-order valence-corrected chi connectivity index (χ0v) is 22.0. The van der Waals surface area contributed by atoms with Crippen molar-refractivity contribution in [3.63, 3.8) is 0 Å². The van der Waals surface area contributed by atoms with E-state index < -0.39 is 39.4 Å². The molecule has 0 radical (unpaired) electrons. The normalized spacial score (nSPS) is 12.2. The van der Waals surface area contributed by atoms with Crippen LogP contribution in [0.1, 0.15) is 23.9 Å². The highest BCUT2D eigenvalue weighted by atomic mass is 35.5. The number of halogens is 5. The Morgan fingerprint density at radius 3 is 2.29 bits per heavy atom. The van der Waals surface area contributed by atoms with Crippen LogP contribution in [-0.2, 0) is 29.0 Å². The number of fused-ring (bicyclic) bond motifs is 1. The first kappa shape index (κ1) is 27.7. The molecule has 0 aliphatic rings. The third kappa shape index (κ3) is 5.31. The largest absolute Gasteiger partial charge is 0.529 e. The van der Waals surface area contributed by atoms with Crippen LogP contribution in [0.5, 0.6) is 0 Å². The Labute approximate surface area is 226 Å². The molecule has 0 bridgehead atoms. The van der Waals surface area contributed by atoms with Gasteiger partial charge in [-0.3, -0.25) is 8.87 Å². The highest BCUT2D eigenvalue weighted by Crippen LogP contribution is 2.38. The highest BCUT2D eigenvalue weighted by Gasteiger charge is 2.34. The Hall–Kier alpha value is -3.28. The van der Waals surface area contributed by atoms with Crippen molar-refractivity contribution < 1.29 is 31.5 Å². The van der Waals surface area contributed by atoms with E-state index in [0.29, 0.717) is 29.0 Å². The fourth-order valence-corrected chi connectivity index (χ4v) is 6.04. The molecule has 200 valence electrons. The topological polar surface area (TPSA) is 95.3 Å². The zero-order valence-electron chi connectivity index (χ0n) is 19.7. The SMILES string of the molecule is CCc1nc2cc(C(F)(F)F)c(Cl)cc2n1-c1ccc(CCN(C(=O)[O-])S(=O)(=O)c2ccccc2Cl)cc1. The first-order chi connectivity index (χ1) is 17.8. The van der Waals surface area contributed by atoms with E-state index in [1.807, 2.05) is 6.92 Å². The van der Waals surface area contributed by atoms with Gasteiger partial charge in [0.1, 0.15) is 10.7 Å². The molecular formula is C25H19Cl2F3N3O4S-. The number of hydrogen-bond acceptors (Lipinski definition) is 5. The number of rotatable bonds is 7. The van der Waals surface area contributed by atoms with Gasteiger partial charge < -0.3 is 9.90 Å². The van der Waals surface area contributed by atoms with E-state index in [0.717, 1.165) is 6.07 Å². The molecule has 0 aliphatic heterocycles. The summed E-state index contributed by atoms with van der Waals surface area (Å²) >= 11 is 11.9. The molecule has 0 N–H and O–H groups in total. The van der Waals surface area contributed by atoms with Gasteiger partial charge in [0, 0.05) is 18.7 Å². The van der Waals surface area contributed by atoms with Crippen molar-refractivity contribution in [1.29, 1.82) is 0 Å². The maximum absolute atomic E-state index is 13.3. The number of sulfonamides is 1. The van der Waals surface area contributed by atoms with Gasteiger partial charge in [-0.2, -0.15) is 13.2 Å². The quantitative estimate of drug-likeness (QED) is 0.286. The third-order valence-electron chi connectivity index (χ3n) is 5.84. The number of carboxylic acid groups (broad SMARTS) is 1. The fourth-order valence-electron chi connectivity index (χ4n) is 4.02. The van der Waals surface area contributed by atoms with Crippen molar-refractivity contribution in [2.24, 2.45) is 0 Å². The summed E-state index contributed by atoms with van der Waals surface area (Å²) in [5, 5.41) is 11.1. The summed E-state index contributed by atoms with van der Waals surface area (Å²) in [7, 11) is -4.46. The second-order valence-corrected chi connectivity index (χ2v) is 10.9. The molecule has 0 saturated heterocycles. The molecule has 7 nitrogen and oxygen atoms in total. The first-order valence-corrected chi connectivity index (χ1v) is 13.4. The van der Waals surface area contributed by atoms with Crippen molar-refractivity contribution >= 4 is 50.4 Å². The lowest BCUT2D eigenvalue weighted by atomic mass is 10.1. The molecule has 4 aromatic rings. The number of benzene rings is 3. The molecule has 0 fully saturated rings. The second kappa shape index (κ2) is 10.5. The molecular weight excluding hydrogens is 566 g/mol. The van der Waals surface area contributed by atoms with Crippen molar-refractivity contribution in [3.8, 4) is 5.69 Å². The van der Waals surface area contributed by atoms with Gasteiger partial charge in [-0.05, 0) is 48.4 Å². The highest BCUT2D eigenvalue weighted by molar-refractivity contribution is 7.89.